The Hall–Kier alpha value is -3.41. The van der Waals surface area contributed by atoms with Gasteiger partial charge in [0.25, 0.3) is 5.91 Å². The average molecular weight is 350 g/mol. The number of carbonyl (C=O) groups excluding carboxylic acids is 2. The van der Waals surface area contributed by atoms with Crippen LogP contribution in [-0.4, -0.2) is 30.6 Å². The van der Waals surface area contributed by atoms with Gasteiger partial charge in [0.1, 0.15) is 11.3 Å². The molecule has 3 aromatic rings. The van der Waals surface area contributed by atoms with Gasteiger partial charge in [-0.15, -0.1) is 0 Å². The van der Waals surface area contributed by atoms with Gasteiger partial charge in [-0.3, -0.25) is 9.78 Å². The zero-order chi connectivity index (χ0) is 18.4. The maximum Gasteiger partial charge on any atom is 0.337 e. The fraction of sp³-hybridized carbons (Fsp3) is 0.150. The Morgan fingerprint density at radius 1 is 1.04 bits per heavy atom. The minimum Gasteiger partial charge on any atom is -0.481 e. The van der Waals surface area contributed by atoms with Crippen molar-refractivity contribution in [1.29, 1.82) is 0 Å². The summed E-state index contributed by atoms with van der Waals surface area (Å²) in [4.78, 5) is 27.7. The summed E-state index contributed by atoms with van der Waals surface area (Å²) in [6.45, 7) is 0.243. The molecule has 1 amide bonds. The highest BCUT2D eigenvalue weighted by Gasteiger charge is 2.08. The minimum absolute atomic E-state index is 0.101. The number of methoxy groups -OCH3 is 1. The number of rotatable bonds is 6. The lowest BCUT2D eigenvalue weighted by Crippen LogP contribution is -2.28. The molecule has 0 unspecified atom stereocenters. The lowest BCUT2D eigenvalue weighted by Gasteiger charge is -2.09. The predicted octanol–water partition coefficient (Wildman–Crippen LogP) is 2.72. The van der Waals surface area contributed by atoms with E-state index < -0.39 is 5.97 Å². The third-order valence-electron chi connectivity index (χ3n) is 3.82. The molecule has 0 aliphatic rings. The third kappa shape index (κ3) is 4.16. The number of para-hydroxylation sites is 1. The van der Waals surface area contributed by atoms with Gasteiger partial charge in [-0.2, -0.15) is 0 Å². The van der Waals surface area contributed by atoms with Crippen molar-refractivity contribution in [1.82, 2.24) is 10.3 Å². The van der Waals surface area contributed by atoms with Gasteiger partial charge in [0, 0.05) is 18.1 Å². The van der Waals surface area contributed by atoms with Crippen molar-refractivity contribution >= 4 is 22.8 Å². The van der Waals surface area contributed by atoms with Gasteiger partial charge in [-0.25, -0.2) is 4.79 Å². The number of hydrogen-bond acceptors (Lipinski definition) is 5. The summed E-state index contributed by atoms with van der Waals surface area (Å²) in [6.07, 6.45) is 1.69. The number of hydrogen-bond donors (Lipinski definition) is 1. The molecule has 0 atom stereocenters. The molecule has 0 aliphatic heterocycles. The first-order valence-electron chi connectivity index (χ1n) is 8.08. The van der Waals surface area contributed by atoms with Crippen molar-refractivity contribution in [2.45, 2.75) is 6.54 Å². The second-order valence-electron chi connectivity index (χ2n) is 5.59. The summed E-state index contributed by atoms with van der Waals surface area (Å²) >= 11 is 0. The lowest BCUT2D eigenvalue weighted by atomic mass is 10.1. The Morgan fingerprint density at radius 3 is 2.58 bits per heavy atom. The SMILES string of the molecule is COC(=O)c1ccc(CNC(=O)COc2cccc3cccnc23)cc1. The highest BCUT2D eigenvalue weighted by molar-refractivity contribution is 5.89. The Labute approximate surface area is 150 Å². The zero-order valence-electron chi connectivity index (χ0n) is 14.3. The van der Waals surface area contributed by atoms with E-state index in [-0.39, 0.29) is 12.5 Å². The van der Waals surface area contributed by atoms with Crippen LogP contribution in [0.3, 0.4) is 0 Å². The Kier molecular flexibility index (Phi) is 5.43. The standard InChI is InChI=1S/C20H18N2O4/c1-25-20(24)16-9-7-14(8-10-16)12-22-18(23)13-26-17-6-2-4-15-5-3-11-21-19(15)17/h2-11H,12-13H2,1H3,(H,22,23). The number of nitrogens with zero attached hydrogens (tertiary/aromatic N) is 1. The molecule has 0 fully saturated rings. The number of amides is 1. The van der Waals surface area contributed by atoms with E-state index >= 15 is 0 Å². The van der Waals surface area contributed by atoms with Crippen LogP contribution in [0.15, 0.2) is 60.8 Å². The van der Waals surface area contributed by atoms with Crippen LogP contribution in [0, 0.1) is 0 Å². The molecule has 0 saturated carbocycles. The summed E-state index contributed by atoms with van der Waals surface area (Å²) in [5.74, 6) is -0.0617. The molecule has 0 radical (unpaired) electrons. The number of fused-ring (bicyclic) bond motifs is 1. The fourth-order valence-electron chi connectivity index (χ4n) is 2.46. The van der Waals surface area contributed by atoms with Crippen LogP contribution in [0.25, 0.3) is 10.9 Å². The van der Waals surface area contributed by atoms with E-state index in [1.54, 1.807) is 36.5 Å². The number of carbonyl (C=O) groups is 2. The quantitative estimate of drug-likeness (QED) is 0.692. The molecule has 1 aromatic heterocycles. The van der Waals surface area contributed by atoms with Crippen LogP contribution in [-0.2, 0) is 16.1 Å². The second-order valence-corrected chi connectivity index (χ2v) is 5.59. The molecule has 0 bridgehead atoms. The molecule has 132 valence electrons. The number of aromatic nitrogens is 1. The summed E-state index contributed by atoms with van der Waals surface area (Å²) in [5.41, 5.74) is 2.06. The van der Waals surface area contributed by atoms with Gasteiger partial charge in [0.05, 0.1) is 12.7 Å². The summed E-state index contributed by atoms with van der Waals surface area (Å²) in [5, 5.41) is 3.73. The molecular weight excluding hydrogens is 332 g/mol. The van der Waals surface area contributed by atoms with Crippen molar-refractivity contribution in [3.8, 4) is 5.75 Å². The molecule has 2 aromatic carbocycles. The van der Waals surface area contributed by atoms with Crippen LogP contribution in [0.1, 0.15) is 15.9 Å². The summed E-state index contributed by atoms with van der Waals surface area (Å²) < 4.78 is 10.2. The summed E-state index contributed by atoms with van der Waals surface area (Å²) in [7, 11) is 1.34. The van der Waals surface area contributed by atoms with E-state index in [2.05, 4.69) is 15.0 Å². The van der Waals surface area contributed by atoms with Gasteiger partial charge >= 0.3 is 5.97 Å². The predicted molar refractivity (Wildman–Crippen MR) is 96.9 cm³/mol. The molecule has 3 rings (SSSR count). The van der Waals surface area contributed by atoms with Crippen molar-refractivity contribution in [2.24, 2.45) is 0 Å². The van der Waals surface area contributed by atoms with Crippen LogP contribution in [0.4, 0.5) is 0 Å². The highest BCUT2D eigenvalue weighted by atomic mass is 16.5. The molecule has 6 heteroatoms. The number of ether oxygens (including phenoxy) is 2. The first kappa shape index (κ1) is 17.4. The number of esters is 1. The lowest BCUT2D eigenvalue weighted by molar-refractivity contribution is -0.123. The van der Waals surface area contributed by atoms with Crippen molar-refractivity contribution in [3.63, 3.8) is 0 Å². The van der Waals surface area contributed by atoms with E-state index in [0.717, 1.165) is 16.5 Å². The van der Waals surface area contributed by atoms with E-state index in [1.165, 1.54) is 7.11 Å². The topological polar surface area (TPSA) is 77.5 Å². The number of nitrogens with one attached hydrogen (secondary N) is 1. The maximum absolute atomic E-state index is 12.0. The molecule has 0 saturated heterocycles. The van der Waals surface area contributed by atoms with Crippen molar-refractivity contribution in [2.75, 3.05) is 13.7 Å². The van der Waals surface area contributed by atoms with Crippen LogP contribution in [0.2, 0.25) is 0 Å². The second kappa shape index (κ2) is 8.11. The van der Waals surface area contributed by atoms with Crippen LogP contribution >= 0.6 is 0 Å². The smallest absolute Gasteiger partial charge is 0.337 e. The molecule has 1 N–H and O–H groups in total. The van der Waals surface area contributed by atoms with E-state index in [0.29, 0.717) is 17.9 Å². The van der Waals surface area contributed by atoms with E-state index in [9.17, 15) is 9.59 Å². The van der Waals surface area contributed by atoms with Gasteiger partial charge in [-0.1, -0.05) is 30.3 Å². The van der Waals surface area contributed by atoms with Gasteiger partial charge in [0.15, 0.2) is 6.61 Å². The Bertz CT molecular complexity index is 917. The molecular formula is C20H18N2O4. The summed E-state index contributed by atoms with van der Waals surface area (Å²) in [6, 6.07) is 16.2. The fourth-order valence-corrected chi connectivity index (χ4v) is 2.46. The normalized spacial score (nSPS) is 10.3. The molecule has 6 nitrogen and oxygen atoms in total. The number of benzene rings is 2. The highest BCUT2D eigenvalue weighted by Crippen LogP contribution is 2.22. The number of pyridine rings is 1. The monoisotopic (exact) mass is 350 g/mol. The van der Waals surface area contributed by atoms with Gasteiger partial charge in [0.2, 0.25) is 0 Å². The Balaban J connectivity index is 1.53. The van der Waals surface area contributed by atoms with Crippen molar-refractivity contribution in [3.05, 3.63) is 71.9 Å². The molecule has 1 heterocycles. The molecule has 0 aliphatic carbocycles. The van der Waals surface area contributed by atoms with Crippen LogP contribution in [0.5, 0.6) is 5.75 Å². The van der Waals surface area contributed by atoms with E-state index in [4.69, 9.17) is 4.74 Å². The minimum atomic E-state index is -0.391. The zero-order valence-corrected chi connectivity index (χ0v) is 14.3. The first-order chi connectivity index (χ1) is 12.7. The molecule has 0 spiro atoms. The first-order valence-corrected chi connectivity index (χ1v) is 8.08. The van der Waals surface area contributed by atoms with Gasteiger partial charge in [-0.05, 0) is 29.8 Å². The van der Waals surface area contributed by atoms with Gasteiger partial charge < -0.3 is 14.8 Å². The van der Waals surface area contributed by atoms with Crippen LogP contribution < -0.4 is 10.1 Å². The third-order valence-corrected chi connectivity index (χ3v) is 3.82. The average Bonchev–Trinajstić information content (AvgIpc) is 2.70. The largest absolute Gasteiger partial charge is 0.481 e. The van der Waals surface area contributed by atoms with E-state index in [1.807, 2.05) is 24.3 Å². The maximum atomic E-state index is 12.0. The van der Waals surface area contributed by atoms with Crippen molar-refractivity contribution < 1.29 is 19.1 Å². The molecule has 26 heavy (non-hydrogen) atoms. The Morgan fingerprint density at radius 2 is 1.81 bits per heavy atom.